The molecule has 13 heavy (non-hydrogen) atoms. The van der Waals surface area contributed by atoms with Crippen molar-refractivity contribution in [1.29, 1.82) is 0 Å². The van der Waals surface area contributed by atoms with Crippen molar-refractivity contribution in [3.63, 3.8) is 0 Å². The van der Waals surface area contributed by atoms with Crippen LogP contribution in [0.5, 0.6) is 0 Å². The van der Waals surface area contributed by atoms with Crippen LogP contribution < -0.4 is 5.56 Å². The van der Waals surface area contributed by atoms with Crippen molar-refractivity contribution in [2.24, 2.45) is 0 Å². The van der Waals surface area contributed by atoms with Gasteiger partial charge in [0.25, 0.3) is 5.56 Å². The molecule has 1 aliphatic carbocycles. The number of rotatable bonds is 2. The summed E-state index contributed by atoms with van der Waals surface area (Å²) in [5.41, 5.74) is 1.09. The minimum absolute atomic E-state index is 0.180. The highest BCUT2D eigenvalue weighted by Crippen LogP contribution is 2.29. The zero-order valence-corrected chi connectivity index (χ0v) is 8.21. The molecule has 0 aliphatic heterocycles. The molecule has 3 heteroatoms. The number of hydrogen-bond donors (Lipinski definition) is 1. The van der Waals surface area contributed by atoms with Gasteiger partial charge in [-0.2, -0.15) is 0 Å². The Hall–Kier alpha value is -0.990. The van der Waals surface area contributed by atoms with E-state index >= 15 is 0 Å². The van der Waals surface area contributed by atoms with Crippen LogP contribution in [0.3, 0.4) is 0 Å². The van der Waals surface area contributed by atoms with Crippen molar-refractivity contribution in [3.8, 4) is 0 Å². The highest BCUT2D eigenvalue weighted by atomic mass is 16.1. The SMILES string of the molecule is CC(C)c1c[nH]n(C2CCC2)c1=O. The number of nitrogens with zero attached hydrogens (tertiary/aromatic N) is 1. The van der Waals surface area contributed by atoms with Crippen LogP contribution in [0, 0.1) is 0 Å². The van der Waals surface area contributed by atoms with Crippen molar-refractivity contribution in [2.45, 2.75) is 45.1 Å². The Morgan fingerprint density at radius 3 is 2.62 bits per heavy atom. The smallest absolute Gasteiger partial charge is 0.270 e. The van der Waals surface area contributed by atoms with Crippen molar-refractivity contribution >= 4 is 0 Å². The van der Waals surface area contributed by atoms with Crippen molar-refractivity contribution in [2.75, 3.05) is 0 Å². The maximum atomic E-state index is 11.8. The van der Waals surface area contributed by atoms with Gasteiger partial charge in [0.05, 0.1) is 6.04 Å². The molecular weight excluding hydrogens is 164 g/mol. The van der Waals surface area contributed by atoms with Crippen molar-refractivity contribution in [1.82, 2.24) is 9.78 Å². The summed E-state index contributed by atoms with van der Waals surface area (Å²) in [5, 5.41) is 3.06. The lowest BCUT2D eigenvalue weighted by molar-refractivity contribution is 0.283. The van der Waals surface area contributed by atoms with Crippen LogP contribution in [0.4, 0.5) is 0 Å². The number of H-pyrrole nitrogens is 1. The van der Waals surface area contributed by atoms with Gasteiger partial charge in [-0.1, -0.05) is 13.8 Å². The maximum absolute atomic E-state index is 11.8. The van der Waals surface area contributed by atoms with Crippen molar-refractivity contribution < 1.29 is 0 Å². The molecule has 1 aromatic heterocycles. The Kier molecular flexibility index (Phi) is 2.02. The van der Waals surface area contributed by atoms with Crippen LogP contribution in [0.25, 0.3) is 0 Å². The molecule has 1 saturated carbocycles. The molecule has 1 aliphatic rings. The zero-order valence-electron chi connectivity index (χ0n) is 8.21. The molecule has 0 amide bonds. The van der Waals surface area contributed by atoms with Gasteiger partial charge in [0, 0.05) is 11.8 Å². The summed E-state index contributed by atoms with van der Waals surface area (Å²) in [5.74, 6) is 0.324. The first kappa shape index (κ1) is 8.60. The number of aromatic amines is 1. The molecule has 1 N–H and O–H groups in total. The lowest BCUT2D eigenvalue weighted by Gasteiger charge is -2.25. The van der Waals surface area contributed by atoms with Crippen molar-refractivity contribution in [3.05, 3.63) is 22.1 Å². The largest absolute Gasteiger partial charge is 0.302 e. The first-order chi connectivity index (χ1) is 6.20. The van der Waals surface area contributed by atoms with E-state index in [9.17, 15) is 4.79 Å². The van der Waals surface area contributed by atoms with Crippen LogP contribution in [0.1, 0.15) is 50.6 Å². The third-order valence-electron chi connectivity index (χ3n) is 2.89. The van der Waals surface area contributed by atoms with Gasteiger partial charge in [0.2, 0.25) is 0 Å². The summed E-state index contributed by atoms with van der Waals surface area (Å²) >= 11 is 0. The highest BCUT2D eigenvalue weighted by molar-refractivity contribution is 5.10. The van der Waals surface area contributed by atoms with Gasteiger partial charge < -0.3 is 5.10 Å². The van der Waals surface area contributed by atoms with Crippen LogP contribution in [-0.4, -0.2) is 9.78 Å². The fraction of sp³-hybridized carbons (Fsp3) is 0.700. The summed E-state index contributed by atoms with van der Waals surface area (Å²) < 4.78 is 1.79. The quantitative estimate of drug-likeness (QED) is 0.743. The Labute approximate surface area is 77.7 Å². The van der Waals surface area contributed by atoms with E-state index in [0.717, 1.165) is 18.4 Å². The lowest BCUT2D eigenvalue weighted by Crippen LogP contribution is -2.28. The van der Waals surface area contributed by atoms with E-state index in [0.29, 0.717) is 12.0 Å². The molecule has 0 radical (unpaired) electrons. The number of nitrogens with one attached hydrogen (secondary N) is 1. The Balaban J connectivity index is 2.32. The molecule has 0 saturated heterocycles. The van der Waals surface area contributed by atoms with E-state index in [-0.39, 0.29) is 5.56 Å². The van der Waals surface area contributed by atoms with E-state index in [2.05, 4.69) is 18.9 Å². The average molecular weight is 180 g/mol. The molecule has 1 fully saturated rings. The molecule has 0 atom stereocenters. The summed E-state index contributed by atoms with van der Waals surface area (Å²) in [7, 11) is 0. The third kappa shape index (κ3) is 1.32. The molecule has 72 valence electrons. The first-order valence-electron chi connectivity index (χ1n) is 5.00. The van der Waals surface area contributed by atoms with E-state index in [1.54, 1.807) is 4.68 Å². The molecule has 0 bridgehead atoms. The molecule has 1 aromatic rings. The maximum Gasteiger partial charge on any atom is 0.270 e. The van der Waals surface area contributed by atoms with Gasteiger partial charge in [0.15, 0.2) is 0 Å². The summed E-state index contributed by atoms with van der Waals surface area (Å²) in [6.45, 7) is 4.10. The molecule has 0 spiro atoms. The topological polar surface area (TPSA) is 37.8 Å². The second-order valence-corrected chi connectivity index (χ2v) is 4.14. The standard InChI is InChI=1S/C10H16N2O/c1-7(2)9-6-11-12(10(9)13)8-4-3-5-8/h6-8,11H,3-5H2,1-2H3. The van der Waals surface area contributed by atoms with E-state index in [4.69, 9.17) is 0 Å². The molecular formula is C10H16N2O. The first-order valence-corrected chi connectivity index (χ1v) is 5.00. The molecule has 0 aromatic carbocycles. The minimum atomic E-state index is 0.180. The Morgan fingerprint density at radius 1 is 1.54 bits per heavy atom. The highest BCUT2D eigenvalue weighted by Gasteiger charge is 2.22. The average Bonchev–Trinajstić information content (AvgIpc) is 2.29. The fourth-order valence-corrected chi connectivity index (χ4v) is 1.73. The van der Waals surface area contributed by atoms with Crippen LogP contribution in [0.15, 0.2) is 11.0 Å². The van der Waals surface area contributed by atoms with Gasteiger partial charge in [-0.3, -0.25) is 4.79 Å². The fourth-order valence-electron chi connectivity index (χ4n) is 1.73. The Bertz CT molecular complexity index is 344. The van der Waals surface area contributed by atoms with E-state index in [1.807, 2.05) is 6.20 Å². The van der Waals surface area contributed by atoms with Gasteiger partial charge in [-0.25, -0.2) is 4.68 Å². The van der Waals surface area contributed by atoms with Gasteiger partial charge >= 0.3 is 0 Å². The molecule has 2 rings (SSSR count). The summed E-state index contributed by atoms with van der Waals surface area (Å²) in [6.07, 6.45) is 5.41. The van der Waals surface area contributed by atoms with Crippen LogP contribution in [-0.2, 0) is 0 Å². The zero-order chi connectivity index (χ0) is 9.42. The third-order valence-corrected chi connectivity index (χ3v) is 2.89. The summed E-state index contributed by atoms with van der Waals surface area (Å²) in [6, 6.07) is 0.444. The number of aromatic nitrogens is 2. The van der Waals surface area contributed by atoms with E-state index in [1.165, 1.54) is 6.42 Å². The normalized spacial score (nSPS) is 17.8. The predicted molar refractivity (Wildman–Crippen MR) is 52.0 cm³/mol. The second kappa shape index (κ2) is 3.05. The summed E-state index contributed by atoms with van der Waals surface area (Å²) in [4.78, 5) is 11.8. The van der Waals surface area contributed by atoms with Gasteiger partial charge in [0.1, 0.15) is 0 Å². The molecule has 0 unspecified atom stereocenters. The monoisotopic (exact) mass is 180 g/mol. The lowest BCUT2D eigenvalue weighted by atomic mass is 9.93. The van der Waals surface area contributed by atoms with E-state index < -0.39 is 0 Å². The Morgan fingerprint density at radius 2 is 2.23 bits per heavy atom. The second-order valence-electron chi connectivity index (χ2n) is 4.14. The number of hydrogen-bond acceptors (Lipinski definition) is 1. The van der Waals surface area contributed by atoms with Gasteiger partial charge in [-0.15, -0.1) is 0 Å². The van der Waals surface area contributed by atoms with Crippen LogP contribution in [0.2, 0.25) is 0 Å². The predicted octanol–water partition coefficient (Wildman–Crippen LogP) is 2.02. The molecule has 1 heterocycles. The van der Waals surface area contributed by atoms with Gasteiger partial charge in [-0.05, 0) is 25.2 Å². The van der Waals surface area contributed by atoms with Crippen LogP contribution >= 0.6 is 0 Å². The molecule has 3 nitrogen and oxygen atoms in total. The minimum Gasteiger partial charge on any atom is -0.302 e.